The molecule has 0 fully saturated rings. The molecule has 0 atom stereocenters. The predicted octanol–water partition coefficient (Wildman–Crippen LogP) is 2.95. The summed E-state index contributed by atoms with van der Waals surface area (Å²) < 4.78 is 5.46. The molecule has 0 bridgehead atoms. The van der Waals surface area contributed by atoms with Crippen molar-refractivity contribution in [3.05, 3.63) is 71.3 Å². The molecule has 0 spiro atoms. The molecule has 2 aromatic rings. The Kier molecular flexibility index (Phi) is 4.01. The molecule has 0 saturated carbocycles. The Morgan fingerprint density at radius 1 is 1.19 bits per heavy atom. The number of fused-ring (bicyclic) bond motifs is 1. The minimum Gasteiger partial charge on any atom is -0.493 e. The summed E-state index contributed by atoms with van der Waals surface area (Å²) in [5.41, 5.74) is 3.32. The maximum absolute atomic E-state index is 11.8. The van der Waals surface area contributed by atoms with Gasteiger partial charge < -0.3 is 10.1 Å². The van der Waals surface area contributed by atoms with Crippen LogP contribution in [-0.4, -0.2) is 12.5 Å². The highest BCUT2D eigenvalue weighted by molar-refractivity contribution is 5.91. The van der Waals surface area contributed by atoms with Gasteiger partial charge in [0, 0.05) is 19.0 Å². The smallest absolute Gasteiger partial charge is 0.244 e. The Bertz CT molecular complexity index is 662. The maximum atomic E-state index is 11.8. The van der Waals surface area contributed by atoms with Crippen molar-refractivity contribution in [1.82, 2.24) is 5.32 Å². The zero-order valence-electron chi connectivity index (χ0n) is 11.7. The fraction of sp³-hybridized carbons (Fsp3) is 0.167. The molecule has 0 aromatic heterocycles. The van der Waals surface area contributed by atoms with Crippen molar-refractivity contribution in [2.45, 2.75) is 13.0 Å². The van der Waals surface area contributed by atoms with Gasteiger partial charge in [0.25, 0.3) is 0 Å². The van der Waals surface area contributed by atoms with Crippen molar-refractivity contribution in [3.8, 4) is 5.75 Å². The molecule has 1 heterocycles. The second-order valence-electron chi connectivity index (χ2n) is 5.00. The zero-order chi connectivity index (χ0) is 14.5. The minimum absolute atomic E-state index is 0.0874. The molecule has 3 heteroatoms. The van der Waals surface area contributed by atoms with E-state index in [2.05, 4.69) is 11.4 Å². The Hall–Kier alpha value is -2.55. The normalized spacial score (nSPS) is 13.0. The van der Waals surface area contributed by atoms with Gasteiger partial charge in [0.05, 0.1) is 6.61 Å². The van der Waals surface area contributed by atoms with E-state index in [1.165, 1.54) is 5.56 Å². The summed E-state index contributed by atoms with van der Waals surface area (Å²) >= 11 is 0. The summed E-state index contributed by atoms with van der Waals surface area (Å²) in [7, 11) is 0. The van der Waals surface area contributed by atoms with E-state index in [1.54, 1.807) is 6.08 Å². The first kappa shape index (κ1) is 13.4. The molecule has 3 rings (SSSR count). The van der Waals surface area contributed by atoms with Crippen LogP contribution in [0.15, 0.2) is 54.6 Å². The van der Waals surface area contributed by atoms with E-state index in [-0.39, 0.29) is 5.91 Å². The van der Waals surface area contributed by atoms with Crippen LogP contribution in [-0.2, 0) is 17.8 Å². The molecule has 1 amide bonds. The lowest BCUT2D eigenvalue weighted by atomic mass is 10.1. The first-order valence-electron chi connectivity index (χ1n) is 7.07. The number of rotatable bonds is 4. The van der Waals surface area contributed by atoms with E-state index in [0.717, 1.165) is 29.9 Å². The summed E-state index contributed by atoms with van der Waals surface area (Å²) in [5, 5.41) is 2.87. The van der Waals surface area contributed by atoms with Gasteiger partial charge in [0.1, 0.15) is 5.75 Å². The summed E-state index contributed by atoms with van der Waals surface area (Å²) in [6, 6.07) is 15.9. The van der Waals surface area contributed by atoms with Crippen LogP contribution >= 0.6 is 0 Å². The SMILES string of the molecule is O=C(/C=C/c1ccc2c(c1)CCO2)NCc1ccccc1. The monoisotopic (exact) mass is 279 g/mol. The highest BCUT2D eigenvalue weighted by Gasteiger charge is 2.10. The highest BCUT2D eigenvalue weighted by Crippen LogP contribution is 2.26. The number of hydrogen-bond donors (Lipinski definition) is 1. The lowest BCUT2D eigenvalue weighted by molar-refractivity contribution is -0.116. The first-order chi connectivity index (χ1) is 10.3. The first-order valence-corrected chi connectivity index (χ1v) is 7.07. The van der Waals surface area contributed by atoms with Crippen molar-refractivity contribution < 1.29 is 9.53 Å². The third kappa shape index (κ3) is 3.51. The fourth-order valence-corrected chi connectivity index (χ4v) is 2.33. The van der Waals surface area contributed by atoms with Crippen LogP contribution in [0.2, 0.25) is 0 Å². The molecule has 21 heavy (non-hydrogen) atoms. The molecular formula is C18H17NO2. The van der Waals surface area contributed by atoms with Crippen LogP contribution in [0.4, 0.5) is 0 Å². The third-order valence-electron chi connectivity index (χ3n) is 3.45. The van der Waals surface area contributed by atoms with Crippen LogP contribution in [0.25, 0.3) is 6.08 Å². The Morgan fingerprint density at radius 3 is 2.90 bits per heavy atom. The van der Waals surface area contributed by atoms with E-state index >= 15 is 0 Å². The maximum Gasteiger partial charge on any atom is 0.244 e. The lowest BCUT2D eigenvalue weighted by Gasteiger charge is -2.02. The van der Waals surface area contributed by atoms with Crippen LogP contribution in [0.1, 0.15) is 16.7 Å². The van der Waals surface area contributed by atoms with Gasteiger partial charge in [0.2, 0.25) is 5.91 Å². The van der Waals surface area contributed by atoms with Gasteiger partial charge in [0.15, 0.2) is 0 Å². The minimum atomic E-state index is -0.0874. The average molecular weight is 279 g/mol. The number of nitrogens with one attached hydrogen (secondary N) is 1. The number of amides is 1. The van der Waals surface area contributed by atoms with Gasteiger partial charge in [-0.25, -0.2) is 0 Å². The molecule has 2 aromatic carbocycles. The molecule has 1 aliphatic rings. The Morgan fingerprint density at radius 2 is 2.05 bits per heavy atom. The van der Waals surface area contributed by atoms with Crippen molar-refractivity contribution in [3.63, 3.8) is 0 Å². The number of carbonyl (C=O) groups excluding carboxylic acids is 1. The van der Waals surface area contributed by atoms with Gasteiger partial charge in [-0.2, -0.15) is 0 Å². The second-order valence-corrected chi connectivity index (χ2v) is 5.00. The van der Waals surface area contributed by atoms with Crippen LogP contribution < -0.4 is 10.1 Å². The quantitative estimate of drug-likeness (QED) is 0.874. The number of ether oxygens (including phenoxy) is 1. The van der Waals surface area contributed by atoms with Gasteiger partial charge >= 0.3 is 0 Å². The topological polar surface area (TPSA) is 38.3 Å². The summed E-state index contributed by atoms with van der Waals surface area (Å²) in [4.78, 5) is 11.8. The van der Waals surface area contributed by atoms with E-state index in [9.17, 15) is 4.79 Å². The van der Waals surface area contributed by atoms with Gasteiger partial charge in [-0.05, 0) is 34.9 Å². The number of carbonyl (C=O) groups is 1. The summed E-state index contributed by atoms with van der Waals surface area (Å²) in [6.45, 7) is 1.29. The van der Waals surface area contributed by atoms with Crippen molar-refractivity contribution >= 4 is 12.0 Å². The predicted molar refractivity (Wildman–Crippen MR) is 83.0 cm³/mol. The molecule has 0 saturated heterocycles. The largest absolute Gasteiger partial charge is 0.493 e. The van der Waals surface area contributed by atoms with Crippen molar-refractivity contribution in [2.75, 3.05) is 6.61 Å². The molecule has 3 nitrogen and oxygen atoms in total. The number of hydrogen-bond acceptors (Lipinski definition) is 2. The van der Waals surface area contributed by atoms with E-state index in [1.807, 2.05) is 48.5 Å². The van der Waals surface area contributed by atoms with Crippen LogP contribution in [0.3, 0.4) is 0 Å². The Balaban J connectivity index is 1.57. The number of benzene rings is 2. The fourth-order valence-electron chi connectivity index (χ4n) is 2.33. The van der Waals surface area contributed by atoms with E-state index in [4.69, 9.17) is 4.74 Å². The van der Waals surface area contributed by atoms with Crippen LogP contribution in [0, 0.1) is 0 Å². The molecule has 0 unspecified atom stereocenters. The van der Waals surface area contributed by atoms with E-state index in [0.29, 0.717) is 6.54 Å². The molecule has 1 N–H and O–H groups in total. The lowest BCUT2D eigenvalue weighted by Crippen LogP contribution is -2.20. The van der Waals surface area contributed by atoms with Crippen molar-refractivity contribution in [2.24, 2.45) is 0 Å². The summed E-state index contributed by atoms with van der Waals surface area (Å²) in [5.74, 6) is 0.872. The zero-order valence-corrected chi connectivity index (χ0v) is 11.7. The molecular weight excluding hydrogens is 262 g/mol. The molecule has 1 aliphatic heterocycles. The van der Waals surface area contributed by atoms with Crippen LogP contribution in [0.5, 0.6) is 5.75 Å². The van der Waals surface area contributed by atoms with Gasteiger partial charge in [-0.15, -0.1) is 0 Å². The molecule has 106 valence electrons. The average Bonchev–Trinajstić information content (AvgIpc) is 2.99. The molecule has 0 aliphatic carbocycles. The van der Waals surface area contributed by atoms with E-state index < -0.39 is 0 Å². The Labute approximate surface area is 124 Å². The third-order valence-corrected chi connectivity index (χ3v) is 3.45. The standard InChI is InChI=1S/C18H17NO2/c20-18(19-13-15-4-2-1-3-5-15)9-7-14-6-8-17-16(12-14)10-11-21-17/h1-9,12H,10-11,13H2,(H,19,20)/b9-7+. The second kappa shape index (κ2) is 6.27. The van der Waals surface area contributed by atoms with Gasteiger partial charge in [-0.3, -0.25) is 4.79 Å². The van der Waals surface area contributed by atoms with Crippen molar-refractivity contribution in [1.29, 1.82) is 0 Å². The summed E-state index contributed by atoms with van der Waals surface area (Å²) in [6.07, 6.45) is 4.34. The van der Waals surface area contributed by atoms with Gasteiger partial charge in [-0.1, -0.05) is 36.4 Å². The highest BCUT2D eigenvalue weighted by atomic mass is 16.5. The molecule has 0 radical (unpaired) electrons.